The van der Waals surface area contributed by atoms with Crippen LogP contribution in [0.4, 0.5) is 0 Å². The lowest BCUT2D eigenvalue weighted by Crippen LogP contribution is -2.29. The summed E-state index contributed by atoms with van der Waals surface area (Å²) < 4.78 is 5.46. The summed E-state index contributed by atoms with van der Waals surface area (Å²) in [7, 11) is 4.09. The summed E-state index contributed by atoms with van der Waals surface area (Å²) in [4.78, 5) is 20.5. The zero-order valence-electron chi connectivity index (χ0n) is 14.5. The van der Waals surface area contributed by atoms with Crippen LogP contribution in [-0.2, 0) is 11.3 Å². The van der Waals surface area contributed by atoms with E-state index in [-0.39, 0.29) is 11.9 Å². The van der Waals surface area contributed by atoms with Crippen molar-refractivity contribution in [2.75, 3.05) is 20.6 Å². The van der Waals surface area contributed by atoms with Crippen molar-refractivity contribution in [2.45, 2.75) is 38.8 Å². The maximum Gasteiger partial charge on any atom is 0.249 e. The summed E-state index contributed by atoms with van der Waals surface area (Å²) in [5.74, 6) is 1.28. The topological polar surface area (TPSA) is 62.5 Å². The van der Waals surface area contributed by atoms with Gasteiger partial charge in [-0.15, -0.1) is 0 Å². The lowest BCUT2D eigenvalue weighted by Gasteiger charge is -2.23. The van der Waals surface area contributed by atoms with Crippen molar-refractivity contribution in [1.82, 2.24) is 19.9 Å². The number of amides is 1. The second kappa shape index (κ2) is 7.13. The van der Waals surface area contributed by atoms with Crippen molar-refractivity contribution in [3.05, 3.63) is 35.7 Å². The SMILES string of the molecule is CCC(c1nc(-c2ccc(CN(C)C)cc2)no1)N1CCCC1=O. The molecule has 0 saturated carbocycles. The Balaban J connectivity index is 1.78. The zero-order chi connectivity index (χ0) is 17.1. The molecule has 0 radical (unpaired) electrons. The number of carbonyl (C=O) groups is 1. The van der Waals surface area contributed by atoms with Crippen LogP contribution in [0.15, 0.2) is 28.8 Å². The molecule has 128 valence electrons. The van der Waals surface area contributed by atoms with E-state index in [0.29, 0.717) is 18.1 Å². The van der Waals surface area contributed by atoms with Crippen molar-refractivity contribution in [3.8, 4) is 11.4 Å². The molecule has 1 amide bonds. The summed E-state index contributed by atoms with van der Waals surface area (Å²) in [6.45, 7) is 3.71. The van der Waals surface area contributed by atoms with Crippen LogP contribution in [0.2, 0.25) is 0 Å². The monoisotopic (exact) mass is 328 g/mol. The molecule has 1 aliphatic rings. The third kappa shape index (κ3) is 3.48. The number of benzene rings is 1. The van der Waals surface area contributed by atoms with Crippen molar-refractivity contribution >= 4 is 5.91 Å². The van der Waals surface area contributed by atoms with E-state index in [1.165, 1.54) is 5.56 Å². The fourth-order valence-corrected chi connectivity index (χ4v) is 3.14. The molecule has 1 aliphatic heterocycles. The Morgan fingerprint density at radius 3 is 2.62 bits per heavy atom. The highest BCUT2D eigenvalue weighted by Crippen LogP contribution is 2.29. The van der Waals surface area contributed by atoms with Crippen LogP contribution < -0.4 is 0 Å². The van der Waals surface area contributed by atoms with E-state index >= 15 is 0 Å². The third-order valence-electron chi connectivity index (χ3n) is 4.31. The standard InChI is InChI=1S/C18H24N4O2/c1-4-15(22-11-5-6-16(22)23)18-19-17(20-24-18)14-9-7-13(8-10-14)12-21(2)3/h7-10,15H,4-6,11-12H2,1-3H3. The highest BCUT2D eigenvalue weighted by molar-refractivity contribution is 5.78. The molecular formula is C18H24N4O2. The van der Waals surface area contributed by atoms with Crippen LogP contribution in [-0.4, -0.2) is 46.5 Å². The van der Waals surface area contributed by atoms with Crippen molar-refractivity contribution in [2.24, 2.45) is 0 Å². The Labute approximate surface area is 142 Å². The van der Waals surface area contributed by atoms with Gasteiger partial charge in [-0.05, 0) is 32.5 Å². The number of hydrogen-bond acceptors (Lipinski definition) is 5. The average Bonchev–Trinajstić information content (AvgIpc) is 3.19. The minimum atomic E-state index is -0.116. The Bertz CT molecular complexity index is 693. The maximum atomic E-state index is 12.0. The molecule has 24 heavy (non-hydrogen) atoms. The molecule has 0 N–H and O–H groups in total. The van der Waals surface area contributed by atoms with Gasteiger partial charge >= 0.3 is 0 Å². The first-order valence-electron chi connectivity index (χ1n) is 8.45. The first-order valence-corrected chi connectivity index (χ1v) is 8.45. The first-order chi connectivity index (χ1) is 11.6. The summed E-state index contributed by atoms with van der Waals surface area (Å²) in [5.41, 5.74) is 2.16. The molecule has 1 aromatic carbocycles. The quantitative estimate of drug-likeness (QED) is 0.816. The Hall–Kier alpha value is -2.21. The molecule has 6 heteroatoms. The van der Waals surface area contributed by atoms with E-state index in [1.54, 1.807) is 0 Å². The molecule has 1 aromatic heterocycles. The van der Waals surface area contributed by atoms with Gasteiger partial charge in [0.25, 0.3) is 0 Å². The average molecular weight is 328 g/mol. The van der Waals surface area contributed by atoms with E-state index in [4.69, 9.17) is 4.52 Å². The molecule has 1 atom stereocenters. The summed E-state index contributed by atoms with van der Waals surface area (Å²) in [6, 6.07) is 8.05. The first kappa shape index (κ1) is 16.6. The van der Waals surface area contributed by atoms with E-state index in [1.807, 2.05) is 38.1 Å². The van der Waals surface area contributed by atoms with E-state index in [9.17, 15) is 4.79 Å². The molecule has 0 bridgehead atoms. The van der Waals surface area contributed by atoms with Gasteiger partial charge in [0.15, 0.2) is 0 Å². The van der Waals surface area contributed by atoms with E-state index in [0.717, 1.165) is 31.5 Å². The minimum Gasteiger partial charge on any atom is -0.337 e. The fraction of sp³-hybridized carbons (Fsp3) is 0.500. The number of hydrogen-bond donors (Lipinski definition) is 0. The summed E-state index contributed by atoms with van der Waals surface area (Å²) in [6.07, 6.45) is 2.30. The highest BCUT2D eigenvalue weighted by Gasteiger charge is 2.31. The Morgan fingerprint density at radius 1 is 1.29 bits per heavy atom. The molecule has 2 heterocycles. The highest BCUT2D eigenvalue weighted by atomic mass is 16.5. The number of nitrogens with zero attached hydrogens (tertiary/aromatic N) is 4. The summed E-state index contributed by atoms with van der Waals surface area (Å²) >= 11 is 0. The maximum absolute atomic E-state index is 12.0. The number of likely N-dealkylation sites (tertiary alicyclic amines) is 1. The lowest BCUT2D eigenvalue weighted by atomic mass is 10.1. The van der Waals surface area contributed by atoms with Crippen LogP contribution in [0.3, 0.4) is 0 Å². The molecule has 6 nitrogen and oxygen atoms in total. The molecular weight excluding hydrogens is 304 g/mol. The van der Waals surface area contributed by atoms with Gasteiger partial charge in [-0.25, -0.2) is 0 Å². The third-order valence-corrected chi connectivity index (χ3v) is 4.31. The van der Waals surface area contributed by atoms with E-state index < -0.39 is 0 Å². The van der Waals surface area contributed by atoms with Crippen molar-refractivity contribution < 1.29 is 9.32 Å². The molecule has 2 aromatic rings. The van der Waals surface area contributed by atoms with Gasteiger partial charge < -0.3 is 14.3 Å². The molecule has 0 spiro atoms. The molecule has 1 fully saturated rings. The normalized spacial score (nSPS) is 16.2. The van der Waals surface area contributed by atoms with Gasteiger partial charge in [-0.1, -0.05) is 36.3 Å². The smallest absolute Gasteiger partial charge is 0.249 e. The van der Waals surface area contributed by atoms with Gasteiger partial charge in [0.1, 0.15) is 6.04 Å². The fourth-order valence-electron chi connectivity index (χ4n) is 3.14. The van der Waals surface area contributed by atoms with Gasteiger partial charge in [-0.3, -0.25) is 4.79 Å². The van der Waals surface area contributed by atoms with Gasteiger partial charge in [-0.2, -0.15) is 4.98 Å². The Morgan fingerprint density at radius 2 is 2.04 bits per heavy atom. The largest absolute Gasteiger partial charge is 0.337 e. The van der Waals surface area contributed by atoms with Crippen LogP contribution in [0, 0.1) is 0 Å². The van der Waals surface area contributed by atoms with Gasteiger partial charge in [0, 0.05) is 25.1 Å². The minimum absolute atomic E-state index is 0.116. The van der Waals surface area contributed by atoms with Gasteiger partial charge in [0.05, 0.1) is 0 Å². The molecule has 1 unspecified atom stereocenters. The molecule has 0 aliphatic carbocycles. The number of carbonyl (C=O) groups excluding carboxylic acids is 1. The predicted octanol–water partition coefficient (Wildman–Crippen LogP) is 2.87. The number of aromatic nitrogens is 2. The van der Waals surface area contributed by atoms with Crippen LogP contribution in [0.5, 0.6) is 0 Å². The molecule has 1 saturated heterocycles. The van der Waals surface area contributed by atoms with E-state index in [2.05, 4.69) is 27.2 Å². The summed E-state index contributed by atoms with van der Waals surface area (Å²) in [5, 5.41) is 4.11. The second-order valence-electron chi connectivity index (χ2n) is 6.51. The molecule has 3 rings (SSSR count). The Kier molecular flexibility index (Phi) is 4.94. The zero-order valence-corrected chi connectivity index (χ0v) is 14.5. The van der Waals surface area contributed by atoms with Crippen LogP contribution in [0.25, 0.3) is 11.4 Å². The van der Waals surface area contributed by atoms with Crippen LogP contribution in [0.1, 0.15) is 43.7 Å². The van der Waals surface area contributed by atoms with Crippen molar-refractivity contribution in [3.63, 3.8) is 0 Å². The predicted molar refractivity (Wildman–Crippen MR) is 91.1 cm³/mol. The lowest BCUT2D eigenvalue weighted by molar-refractivity contribution is -0.130. The van der Waals surface area contributed by atoms with Crippen LogP contribution >= 0.6 is 0 Å². The van der Waals surface area contributed by atoms with Gasteiger partial charge in [0.2, 0.25) is 17.6 Å². The number of rotatable bonds is 6. The van der Waals surface area contributed by atoms with Crippen molar-refractivity contribution in [1.29, 1.82) is 0 Å². The second-order valence-corrected chi connectivity index (χ2v) is 6.51.